The van der Waals surface area contributed by atoms with E-state index in [0.29, 0.717) is 24.0 Å². The lowest BCUT2D eigenvalue weighted by Crippen LogP contribution is -2.32. The van der Waals surface area contributed by atoms with Crippen LogP contribution in [0.25, 0.3) is 0 Å². The first-order chi connectivity index (χ1) is 6.65. The zero-order chi connectivity index (χ0) is 10.6. The van der Waals surface area contributed by atoms with E-state index in [1.807, 2.05) is 0 Å². The first-order valence-corrected chi connectivity index (χ1v) is 5.16. The van der Waals surface area contributed by atoms with E-state index in [4.69, 9.17) is 0 Å². The Balaban J connectivity index is 2.50. The topological polar surface area (TPSA) is 59.0 Å². The number of ketones is 1. The van der Waals surface area contributed by atoms with Crippen LogP contribution in [0.15, 0.2) is 4.99 Å². The van der Waals surface area contributed by atoms with Gasteiger partial charge in [0.05, 0.1) is 26.0 Å². The van der Waals surface area contributed by atoms with Gasteiger partial charge < -0.3 is 4.74 Å². The SMILES string of the molecule is COC(=O)N1CCN=C1SCC(C)=O. The van der Waals surface area contributed by atoms with E-state index in [9.17, 15) is 9.59 Å². The van der Waals surface area contributed by atoms with Crippen LogP contribution in [0.5, 0.6) is 0 Å². The van der Waals surface area contributed by atoms with Gasteiger partial charge >= 0.3 is 6.09 Å². The molecule has 0 saturated carbocycles. The summed E-state index contributed by atoms with van der Waals surface area (Å²) in [5.41, 5.74) is 0. The highest BCUT2D eigenvalue weighted by molar-refractivity contribution is 8.14. The van der Waals surface area contributed by atoms with E-state index in [0.717, 1.165) is 0 Å². The molecule has 1 aliphatic heterocycles. The Morgan fingerprint density at radius 2 is 2.36 bits per heavy atom. The lowest BCUT2D eigenvalue weighted by Gasteiger charge is -2.15. The number of hydrogen-bond acceptors (Lipinski definition) is 5. The Bertz CT molecular complexity index is 278. The highest BCUT2D eigenvalue weighted by Gasteiger charge is 2.24. The second-order valence-corrected chi connectivity index (χ2v) is 3.72. The Labute approximate surface area is 86.5 Å². The summed E-state index contributed by atoms with van der Waals surface area (Å²) in [6.45, 7) is 2.62. The third-order valence-corrected chi connectivity index (χ3v) is 2.76. The lowest BCUT2D eigenvalue weighted by atomic mass is 10.5. The summed E-state index contributed by atoms with van der Waals surface area (Å²) in [6.07, 6.45) is -0.419. The molecule has 0 aliphatic carbocycles. The monoisotopic (exact) mass is 216 g/mol. The predicted molar refractivity (Wildman–Crippen MR) is 54.6 cm³/mol. The highest BCUT2D eigenvalue weighted by Crippen LogP contribution is 2.15. The second kappa shape index (κ2) is 4.99. The number of rotatable bonds is 2. The minimum atomic E-state index is -0.419. The number of nitrogens with zero attached hydrogens (tertiary/aromatic N) is 2. The molecular formula is C8H12N2O3S. The molecule has 1 amide bonds. The smallest absolute Gasteiger partial charge is 0.415 e. The minimum absolute atomic E-state index is 0.0643. The number of thioether (sulfide) groups is 1. The molecule has 14 heavy (non-hydrogen) atoms. The summed E-state index contributed by atoms with van der Waals surface area (Å²) in [7, 11) is 1.33. The fraction of sp³-hybridized carbons (Fsp3) is 0.625. The fourth-order valence-corrected chi connectivity index (χ4v) is 1.83. The summed E-state index contributed by atoms with van der Waals surface area (Å²) >= 11 is 1.27. The number of ether oxygens (including phenoxy) is 1. The molecule has 5 nitrogen and oxygen atoms in total. The molecule has 1 rings (SSSR count). The average Bonchev–Trinajstić information content (AvgIpc) is 2.61. The van der Waals surface area contributed by atoms with Gasteiger partial charge in [-0.15, -0.1) is 0 Å². The predicted octanol–water partition coefficient (Wildman–Crippen LogP) is 0.747. The van der Waals surface area contributed by atoms with Gasteiger partial charge in [0.25, 0.3) is 0 Å². The molecule has 0 N–H and O–H groups in total. The molecular weight excluding hydrogens is 204 g/mol. The average molecular weight is 216 g/mol. The van der Waals surface area contributed by atoms with Gasteiger partial charge in [-0.3, -0.25) is 14.7 Å². The van der Waals surface area contributed by atoms with Crippen molar-refractivity contribution in [2.45, 2.75) is 6.92 Å². The van der Waals surface area contributed by atoms with Gasteiger partial charge in [0, 0.05) is 0 Å². The Morgan fingerprint density at radius 1 is 1.64 bits per heavy atom. The molecule has 78 valence electrons. The largest absolute Gasteiger partial charge is 0.452 e. The number of amidine groups is 1. The van der Waals surface area contributed by atoms with E-state index in [1.165, 1.54) is 30.7 Å². The molecule has 0 spiro atoms. The van der Waals surface area contributed by atoms with Gasteiger partial charge in [-0.05, 0) is 6.92 Å². The molecule has 0 fully saturated rings. The quantitative estimate of drug-likeness (QED) is 0.683. The standard InChI is InChI=1S/C8H12N2O3S/c1-6(11)5-14-7-9-3-4-10(7)8(12)13-2/h3-5H2,1-2H3. The van der Waals surface area contributed by atoms with Crippen LogP contribution >= 0.6 is 11.8 Å². The van der Waals surface area contributed by atoms with E-state index in [1.54, 1.807) is 0 Å². The number of carbonyl (C=O) groups is 2. The third-order valence-electron chi connectivity index (χ3n) is 1.60. The maximum Gasteiger partial charge on any atom is 0.415 e. The molecule has 1 heterocycles. The number of carbonyl (C=O) groups excluding carboxylic acids is 2. The molecule has 0 aromatic rings. The summed E-state index contributed by atoms with van der Waals surface area (Å²) < 4.78 is 4.58. The molecule has 0 aromatic carbocycles. The van der Waals surface area contributed by atoms with Gasteiger partial charge in [-0.25, -0.2) is 4.79 Å². The van der Waals surface area contributed by atoms with E-state index < -0.39 is 6.09 Å². The molecule has 0 unspecified atom stereocenters. The van der Waals surface area contributed by atoms with Crippen molar-refractivity contribution in [1.82, 2.24) is 4.90 Å². The van der Waals surface area contributed by atoms with Crippen LogP contribution in [0.4, 0.5) is 4.79 Å². The molecule has 6 heteroatoms. The zero-order valence-electron chi connectivity index (χ0n) is 8.15. The molecule has 0 saturated heterocycles. The van der Waals surface area contributed by atoms with E-state index in [-0.39, 0.29) is 5.78 Å². The maximum atomic E-state index is 11.2. The zero-order valence-corrected chi connectivity index (χ0v) is 8.97. The van der Waals surface area contributed by atoms with Crippen molar-refractivity contribution in [3.63, 3.8) is 0 Å². The first kappa shape index (κ1) is 11.0. The van der Waals surface area contributed by atoms with Crippen LogP contribution in [0.3, 0.4) is 0 Å². The number of amides is 1. The summed E-state index contributed by atoms with van der Waals surface area (Å²) in [6, 6.07) is 0. The van der Waals surface area contributed by atoms with Gasteiger partial charge in [-0.2, -0.15) is 0 Å². The summed E-state index contributed by atoms with van der Waals surface area (Å²) in [5, 5.41) is 0.576. The number of hydrogen-bond donors (Lipinski definition) is 0. The minimum Gasteiger partial charge on any atom is -0.452 e. The van der Waals surface area contributed by atoms with Crippen LogP contribution < -0.4 is 0 Å². The molecule has 0 aromatic heterocycles. The van der Waals surface area contributed by atoms with Crippen molar-refractivity contribution in [3.05, 3.63) is 0 Å². The van der Waals surface area contributed by atoms with Crippen molar-refractivity contribution in [2.75, 3.05) is 26.0 Å². The van der Waals surface area contributed by atoms with Crippen molar-refractivity contribution in [2.24, 2.45) is 4.99 Å². The number of Topliss-reactive ketones (excluding diaryl/α,β-unsaturated/α-hetero) is 1. The van der Waals surface area contributed by atoms with Crippen LogP contribution in [0.2, 0.25) is 0 Å². The maximum absolute atomic E-state index is 11.2. The Kier molecular flexibility index (Phi) is 3.94. The van der Waals surface area contributed by atoms with Crippen molar-refractivity contribution in [3.8, 4) is 0 Å². The van der Waals surface area contributed by atoms with Gasteiger partial charge in [0.2, 0.25) is 0 Å². The highest BCUT2D eigenvalue weighted by atomic mass is 32.2. The number of methoxy groups -OCH3 is 1. The molecule has 0 radical (unpaired) electrons. The Hall–Kier alpha value is -1.04. The van der Waals surface area contributed by atoms with Gasteiger partial charge in [-0.1, -0.05) is 11.8 Å². The van der Waals surface area contributed by atoms with E-state index >= 15 is 0 Å². The third kappa shape index (κ3) is 2.73. The van der Waals surface area contributed by atoms with Crippen molar-refractivity contribution in [1.29, 1.82) is 0 Å². The second-order valence-electron chi connectivity index (χ2n) is 2.78. The van der Waals surface area contributed by atoms with Crippen LogP contribution in [0.1, 0.15) is 6.92 Å². The van der Waals surface area contributed by atoms with Gasteiger partial charge in [0.1, 0.15) is 5.78 Å². The van der Waals surface area contributed by atoms with Crippen molar-refractivity contribution < 1.29 is 14.3 Å². The Morgan fingerprint density at radius 3 is 2.93 bits per heavy atom. The summed E-state index contributed by atoms with van der Waals surface area (Å²) in [5.74, 6) is 0.404. The molecule has 1 aliphatic rings. The first-order valence-electron chi connectivity index (χ1n) is 4.17. The van der Waals surface area contributed by atoms with Crippen LogP contribution in [0, 0.1) is 0 Å². The molecule has 0 atom stereocenters. The molecule has 0 bridgehead atoms. The van der Waals surface area contributed by atoms with Crippen LogP contribution in [-0.2, 0) is 9.53 Å². The van der Waals surface area contributed by atoms with Crippen LogP contribution in [-0.4, -0.2) is 47.9 Å². The number of aliphatic imine (C=N–C) groups is 1. The fourth-order valence-electron chi connectivity index (χ4n) is 0.996. The lowest BCUT2D eigenvalue weighted by molar-refractivity contribution is -0.114. The normalized spacial score (nSPS) is 15.3. The summed E-state index contributed by atoms with van der Waals surface area (Å²) in [4.78, 5) is 27.5. The van der Waals surface area contributed by atoms with Crippen molar-refractivity contribution >= 4 is 28.8 Å². The van der Waals surface area contributed by atoms with E-state index in [2.05, 4.69) is 9.73 Å². The van der Waals surface area contributed by atoms with Gasteiger partial charge in [0.15, 0.2) is 5.17 Å².